The molecule has 4 aromatic rings. The molecule has 0 saturated heterocycles. The first-order chi connectivity index (χ1) is 14.2. The van der Waals surface area contributed by atoms with Crippen molar-refractivity contribution in [1.82, 2.24) is 19.1 Å². The van der Waals surface area contributed by atoms with E-state index < -0.39 is 0 Å². The fraction of sp³-hybridized carbons (Fsp3) is 0.308. The molecule has 1 aliphatic rings. The lowest BCUT2D eigenvalue weighted by Crippen LogP contribution is -2.20. The summed E-state index contributed by atoms with van der Waals surface area (Å²) in [5.41, 5.74) is 6.44. The molecule has 30 heavy (non-hydrogen) atoms. The Labute approximate surface area is 178 Å². The zero-order chi connectivity index (χ0) is 21.3. The third kappa shape index (κ3) is 2.67. The Balaban J connectivity index is 1.86. The van der Waals surface area contributed by atoms with Crippen molar-refractivity contribution in [1.29, 1.82) is 0 Å². The summed E-state index contributed by atoms with van der Waals surface area (Å²) in [7, 11) is 4.15. The average molecular weight is 397 g/mol. The lowest BCUT2D eigenvalue weighted by atomic mass is 9.77. The molecule has 2 aromatic heterocycles. The molecule has 3 heterocycles. The van der Waals surface area contributed by atoms with Crippen LogP contribution in [-0.4, -0.2) is 19.1 Å². The Hall–Kier alpha value is -3.14. The highest BCUT2D eigenvalue weighted by molar-refractivity contribution is 5.62. The number of hydrogen-bond acceptors (Lipinski definition) is 2. The van der Waals surface area contributed by atoms with E-state index in [4.69, 9.17) is 9.97 Å². The molecular formula is C26H28N4. The molecule has 0 atom stereocenters. The highest BCUT2D eigenvalue weighted by Gasteiger charge is 2.32. The minimum Gasteiger partial charge on any atom is -0.334 e. The van der Waals surface area contributed by atoms with E-state index in [1.54, 1.807) is 0 Å². The van der Waals surface area contributed by atoms with Crippen LogP contribution in [0.25, 0.3) is 22.8 Å². The summed E-state index contributed by atoms with van der Waals surface area (Å²) in [6.45, 7) is 8.97. The highest BCUT2D eigenvalue weighted by Crippen LogP contribution is 2.38. The summed E-state index contributed by atoms with van der Waals surface area (Å²) in [6.07, 6.45) is 4.28. The van der Waals surface area contributed by atoms with Gasteiger partial charge in [0.2, 0.25) is 0 Å². The number of aromatic nitrogens is 4. The normalized spacial score (nSPS) is 16.2. The zero-order valence-electron chi connectivity index (χ0n) is 18.6. The van der Waals surface area contributed by atoms with Crippen LogP contribution in [0.15, 0.2) is 60.9 Å². The third-order valence-electron chi connectivity index (χ3n) is 6.72. The molecule has 0 amide bonds. The summed E-state index contributed by atoms with van der Waals surface area (Å²) in [6, 6.07) is 17.6. The van der Waals surface area contributed by atoms with Crippen LogP contribution < -0.4 is 0 Å². The fourth-order valence-electron chi connectivity index (χ4n) is 4.46. The zero-order valence-corrected chi connectivity index (χ0v) is 18.6. The summed E-state index contributed by atoms with van der Waals surface area (Å²) in [5.74, 6) is 1.97. The van der Waals surface area contributed by atoms with Gasteiger partial charge in [0.25, 0.3) is 0 Å². The molecule has 4 heteroatoms. The molecule has 5 rings (SSSR count). The second kappa shape index (κ2) is 6.18. The van der Waals surface area contributed by atoms with Crippen molar-refractivity contribution >= 4 is 0 Å². The molecule has 2 aromatic carbocycles. The molecule has 0 aliphatic carbocycles. The van der Waals surface area contributed by atoms with Gasteiger partial charge in [0, 0.05) is 43.0 Å². The highest BCUT2D eigenvalue weighted by atomic mass is 15.1. The number of nitrogens with zero attached hydrogens (tertiary/aromatic N) is 4. The van der Waals surface area contributed by atoms with E-state index in [-0.39, 0.29) is 10.8 Å². The summed E-state index contributed by atoms with van der Waals surface area (Å²) in [5, 5.41) is 0. The first-order valence-corrected chi connectivity index (χ1v) is 10.5. The largest absolute Gasteiger partial charge is 0.334 e. The van der Waals surface area contributed by atoms with E-state index in [1.807, 2.05) is 0 Å². The van der Waals surface area contributed by atoms with Crippen molar-refractivity contribution in [2.45, 2.75) is 38.5 Å². The molecule has 1 aliphatic heterocycles. The van der Waals surface area contributed by atoms with Gasteiger partial charge in [-0.1, -0.05) is 50.2 Å². The monoisotopic (exact) mass is 396 g/mol. The predicted octanol–water partition coefficient (Wildman–Crippen LogP) is 5.45. The van der Waals surface area contributed by atoms with Gasteiger partial charge in [-0.15, -0.1) is 0 Å². The lowest BCUT2D eigenvalue weighted by molar-refractivity contribution is 0.601. The Bertz CT molecular complexity index is 1170. The lowest BCUT2D eigenvalue weighted by Gasteiger charge is -2.27. The van der Waals surface area contributed by atoms with Gasteiger partial charge in [-0.3, -0.25) is 0 Å². The van der Waals surface area contributed by atoms with E-state index in [0.29, 0.717) is 0 Å². The third-order valence-corrected chi connectivity index (χ3v) is 6.72. The number of imidazole rings is 2. The van der Waals surface area contributed by atoms with E-state index in [1.165, 1.54) is 11.1 Å². The molecule has 0 N–H and O–H groups in total. The SMILES string of the molecule is Cn1cc2nc1-c1cccc(c1)C(C)(C)c1cccc(c1)-c1nc(cn1C)C2(C)C. The molecule has 0 radical (unpaired) electrons. The molecule has 0 unspecified atom stereocenters. The maximum Gasteiger partial charge on any atom is 0.140 e. The van der Waals surface area contributed by atoms with Crippen LogP contribution >= 0.6 is 0 Å². The number of hydrogen-bond donors (Lipinski definition) is 0. The molecule has 8 bridgehead atoms. The molecule has 0 fully saturated rings. The smallest absolute Gasteiger partial charge is 0.140 e. The first-order valence-electron chi connectivity index (χ1n) is 10.5. The van der Waals surface area contributed by atoms with Gasteiger partial charge < -0.3 is 9.13 Å². The van der Waals surface area contributed by atoms with Crippen molar-refractivity contribution in [3.05, 3.63) is 83.4 Å². The van der Waals surface area contributed by atoms with Gasteiger partial charge in [-0.05, 0) is 37.1 Å². The maximum atomic E-state index is 5.08. The van der Waals surface area contributed by atoms with Gasteiger partial charge in [0.05, 0.1) is 16.8 Å². The van der Waals surface area contributed by atoms with Crippen molar-refractivity contribution < 1.29 is 0 Å². The van der Waals surface area contributed by atoms with Gasteiger partial charge >= 0.3 is 0 Å². The Kier molecular flexibility index (Phi) is 3.88. The van der Waals surface area contributed by atoms with Crippen LogP contribution in [0.1, 0.15) is 50.2 Å². The quantitative estimate of drug-likeness (QED) is 0.396. The van der Waals surface area contributed by atoms with Crippen molar-refractivity contribution in [2.75, 3.05) is 0 Å². The van der Waals surface area contributed by atoms with Crippen LogP contribution in [0, 0.1) is 0 Å². The first kappa shape index (κ1) is 18.9. The molecule has 4 nitrogen and oxygen atoms in total. The number of benzene rings is 2. The summed E-state index contributed by atoms with van der Waals surface area (Å²) in [4.78, 5) is 10.2. The van der Waals surface area contributed by atoms with Crippen LogP contribution in [0.5, 0.6) is 0 Å². The minimum atomic E-state index is -0.301. The summed E-state index contributed by atoms with van der Waals surface area (Å²) < 4.78 is 4.26. The van der Waals surface area contributed by atoms with Crippen molar-refractivity contribution in [3.63, 3.8) is 0 Å². The Morgan fingerprint density at radius 2 is 1.07 bits per heavy atom. The van der Waals surface area contributed by atoms with Gasteiger partial charge in [0.15, 0.2) is 0 Å². The number of aryl methyl sites for hydroxylation is 2. The van der Waals surface area contributed by atoms with E-state index in [9.17, 15) is 0 Å². The predicted molar refractivity (Wildman–Crippen MR) is 122 cm³/mol. The van der Waals surface area contributed by atoms with Crippen LogP contribution in [0.3, 0.4) is 0 Å². The molecule has 0 spiro atoms. The summed E-state index contributed by atoms with van der Waals surface area (Å²) >= 11 is 0. The van der Waals surface area contributed by atoms with Crippen molar-refractivity contribution in [2.24, 2.45) is 14.1 Å². The van der Waals surface area contributed by atoms with Crippen LogP contribution in [0.2, 0.25) is 0 Å². The molecule has 152 valence electrons. The van der Waals surface area contributed by atoms with Gasteiger partial charge in [-0.2, -0.15) is 0 Å². The Morgan fingerprint density at radius 1 is 0.633 bits per heavy atom. The van der Waals surface area contributed by atoms with Gasteiger partial charge in [0.1, 0.15) is 11.6 Å². The van der Waals surface area contributed by atoms with Crippen LogP contribution in [0.4, 0.5) is 0 Å². The van der Waals surface area contributed by atoms with E-state index >= 15 is 0 Å². The van der Waals surface area contributed by atoms with E-state index in [2.05, 4.69) is 112 Å². The van der Waals surface area contributed by atoms with E-state index in [0.717, 1.165) is 34.2 Å². The topological polar surface area (TPSA) is 35.6 Å². The minimum absolute atomic E-state index is 0.141. The number of fused-ring (bicyclic) bond motifs is 10. The number of rotatable bonds is 0. The second-order valence-corrected chi connectivity index (χ2v) is 9.53. The fourth-order valence-corrected chi connectivity index (χ4v) is 4.46. The van der Waals surface area contributed by atoms with Crippen molar-refractivity contribution in [3.8, 4) is 22.8 Å². The standard InChI is InChI=1S/C26H28N4/c1-25(2)19-11-7-9-17(13-19)23-27-21(15-29(23)5)26(3,4)22-16-30(6)24(28-22)18-10-8-12-20(25)14-18/h7-16H,1-6H3. The maximum absolute atomic E-state index is 5.08. The molecular weight excluding hydrogens is 368 g/mol. The molecule has 0 saturated carbocycles. The Morgan fingerprint density at radius 3 is 1.50 bits per heavy atom. The average Bonchev–Trinajstić information content (AvgIpc) is 3.31. The van der Waals surface area contributed by atoms with Crippen LogP contribution in [-0.2, 0) is 24.9 Å². The van der Waals surface area contributed by atoms with Gasteiger partial charge in [-0.25, -0.2) is 9.97 Å². The second-order valence-electron chi connectivity index (χ2n) is 9.53.